The Balaban J connectivity index is 1.33. The molecule has 6 N–H and O–H groups in total. The molecule has 14 nitrogen and oxygen atoms in total. The van der Waals surface area contributed by atoms with Crippen molar-refractivity contribution in [2.75, 3.05) is 13.7 Å². The first-order valence-corrected chi connectivity index (χ1v) is 16.7. The lowest BCUT2D eigenvalue weighted by molar-refractivity contribution is -0.249. The Morgan fingerprint density at radius 1 is 1.06 bits per heavy atom. The molecule has 2 aromatic carbocycles. The number of ketones is 3. The molecule has 0 spiro atoms. The molecule has 0 saturated carbocycles. The van der Waals surface area contributed by atoms with Crippen LogP contribution in [0.4, 0.5) is 4.79 Å². The number of rotatable bonds is 7. The van der Waals surface area contributed by atoms with Gasteiger partial charge in [0.15, 0.2) is 17.9 Å². The molecule has 0 radical (unpaired) electrons. The topological polar surface area (TPSA) is 218 Å². The summed E-state index contributed by atoms with van der Waals surface area (Å²) in [7, 11) is 1.31. The van der Waals surface area contributed by atoms with Gasteiger partial charge in [-0.05, 0) is 44.7 Å². The number of phenolic OH excluding ortho intramolecular Hbond substituents is 2. The van der Waals surface area contributed by atoms with E-state index in [0.717, 1.165) is 25.7 Å². The summed E-state index contributed by atoms with van der Waals surface area (Å²) in [4.78, 5) is 53.4. The van der Waals surface area contributed by atoms with Crippen LogP contribution < -0.4 is 10.1 Å². The highest BCUT2D eigenvalue weighted by molar-refractivity contribution is 6.31. The van der Waals surface area contributed by atoms with E-state index in [9.17, 15) is 44.7 Å². The molecular formula is C36H41NO13. The summed E-state index contributed by atoms with van der Waals surface area (Å²) in [6, 6.07) is 3.41. The largest absolute Gasteiger partial charge is 0.507 e. The minimum absolute atomic E-state index is 0.0737. The van der Waals surface area contributed by atoms with Crippen LogP contribution in [0.5, 0.6) is 17.2 Å². The highest BCUT2D eigenvalue weighted by atomic mass is 16.7. The van der Waals surface area contributed by atoms with Crippen LogP contribution in [-0.2, 0) is 25.4 Å². The molecule has 1 heterocycles. The number of hydrogen-bond donors (Lipinski definition) is 6. The minimum atomic E-state index is -2.32. The van der Waals surface area contributed by atoms with Crippen LogP contribution >= 0.6 is 0 Å². The van der Waals surface area contributed by atoms with Crippen LogP contribution in [0.25, 0.3) is 0 Å². The SMILES string of the molecule is COc1cccc2c1C(=O)c1c(O)c3c(c(O)c1C2=O)C[C@@](O)(C(=O)CO)C[C@@H]3O[C@@H]1C[C@H](NC(=O)OC2/C=C/CCCCC2)[C@H](O)[C@H](C)O1. The Bertz CT molecular complexity index is 1740. The van der Waals surface area contributed by atoms with Crippen LogP contribution in [0, 0.1) is 0 Å². The average Bonchev–Trinajstić information content (AvgIpc) is 3.07. The third-order valence-electron chi connectivity index (χ3n) is 10.0. The molecule has 1 fully saturated rings. The summed E-state index contributed by atoms with van der Waals surface area (Å²) < 4.78 is 23.0. The van der Waals surface area contributed by atoms with Crippen LogP contribution in [0.15, 0.2) is 30.4 Å². The molecule has 2 aromatic rings. The van der Waals surface area contributed by atoms with Crippen molar-refractivity contribution in [1.29, 1.82) is 0 Å². The molecule has 268 valence electrons. The lowest BCUT2D eigenvalue weighted by atomic mass is 9.72. The molecule has 1 saturated heterocycles. The van der Waals surface area contributed by atoms with E-state index < -0.39 is 108 Å². The van der Waals surface area contributed by atoms with E-state index in [0.29, 0.717) is 6.42 Å². The monoisotopic (exact) mass is 695 g/mol. The number of methoxy groups -OCH3 is 1. The van der Waals surface area contributed by atoms with Gasteiger partial charge in [-0.3, -0.25) is 14.4 Å². The third kappa shape index (κ3) is 6.37. The predicted molar refractivity (Wildman–Crippen MR) is 173 cm³/mol. The Labute approximate surface area is 287 Å². The zero-order chi connectivity index (χ0) is 35.9. The number of aliphatic hydroxyl groups excluding tert-OH is 2. The van der Waals surface area contributed by atoms with Gasteiger partial charge in [0.2, 0.25) is 5.78 Å². The number of phenols is 2. The quantitative estimate of drug-likeness (QED) is 0.155. The van der Waals surface area contributed by atoms with Gasteiger partial charge in [0, 0.05) is 36.0 Å². The lowest BCUT2D eigenvalue weighted by Gasteiger charge is -2.42. The Morgan fingerprint density at radius 2 is 1.82 bits per heavy atom. The smallest absolute Gasteiger partial charge is 0.408 e. The molecule has 0 aromatic heterocycles. The number of aliphatic hydroxyl groups is 3. The maximum Gasteiger partial charge on any atom is 0.408 e. The normalized spacial score (nSPS) is 29.8. The Kier molecular flexibility index (Phi) is 10.0. The average molecular weight is 696 g/mol. The van der Waals surface area contributed by atoms with Crippen molar-refractivity contribution < 1.29 is 63.7 Å². The number of ether oxygens (including phenoxy) is 4. The van der Waals surface area contributed by atoms with Crippen LogP contribution in [-0.4, -0.2) is 98.9 Å². The van der Waals surface area contributed by atoms with Crippen molar-refractivity contribution in [3.05, 3.63) is 63.7 Å². The number of Topliss-reactive ketones (excluding diaryl/α,β-unsaturated/α-hetero) is 1. The Hall–Kier alpha value is -4.34. The standard InChI is InChI=1S/C36H41NO13/c1-17-30(40)21(37-35(45)49-18-9-6-4-3-5-7-10-18)13-25(48-17)50-23-15-36(46,24(39)16-38)14-20-27(23)34(44)29-28(32(20)42)31(41)19-11-8-12-22(47-2)26(19)33(29)43/h6,8-9,11-12,17-18,21,23,25,30,38,40,42,44,46H,3-5,7,10,13-16H2,1-2H3,(H,37,45)/b9-6+/t17-,18?,21-,23-,25+,30+,36-/m0/s1. The van der Waals surface area contributed by atoms with Crippen molar-refractivity contribution >= 4 is 23.4 Å². The van der Waals surface area contributed by atoms with Crippen molar-refractivity contribution in [2.24, 2.45) is 0 Å². The number of allylic oxidation sites excluding steroid dienone is 1. The molecule has 6 rings (SSSR count). The van der Waals surface area contributed by atoms with Crippen molar-refractivity contribution in [3.8, 4) is 17.2 Å². The first-order chi connectivity index (χ1) is 23.9. The summed E-state index contributed by atoms with van der Waals surface area (Å²) in [5, 5.41) is 58.1. The highest BCUT2D eigenvalue weighted by Crippen LogP contribution is 2.52. The second-order valence-electron chi connectivity index (χ2n) is 13.3. The molecule has 4 aliphatic rings. The fraction of sp³-hybridized carbons (Fsp3) is 0.500. The van der Waals surface area contributed by atoms with Gasteiger partial charge < -0.3 is 49.8 Å². The van der Waals surface area contributed by atoms with Crippen LogP contribution in [0.3, 0.4) is 0 Å². The minimum Gasteiger partial charge on any atom is -0.507 e. The predicted octanol–water partition coefficient (Wildman–Crippen LogP) is 2.66. The zero-order valence-corrected chi connectivity index (χ0v) is 27.7. The van der Waals surface area contributed by atoms with E-state index in [1.807, 2.05) is 12.2 Å². The molecule has 3 aliphatic carbocycles. The fourth-order valence-electron chi connectivity index (χ4n) is 7.41. The second kappa shape index (κ2) is 14.1. The van der Waals surface area contributed by atoms with Gasteiger partial charge in [-0.2, -0.15) is 0 Å². The number of fused-ring (bicyclic) bond motifs is 3. The first kappa shape index (κ1) is 35.5. The highest BCUT2D eigenvalue weighted by Gasteiger charge is 2.50. The summed E-state index contributed by atoms with van der Waals surface area (Å²) in [5.41, 5.74) is -3.93. The summed E-state index contributed by atoms with van der Waals surface area (Å²) in [6.07, 6.45) is 1.13. The van der Waals surface area contributed by atoms with Gasteiger partial charge in [-0.1, -0.05) is 24.6 Å². The Morgan fingerprint density at radius 3 is 2.56 bits per heavy atom. The third-order valence-corrected chi connectivity index (χ3v) is 10.0. The summed E-state index contributed by atoms with van der Waals surface area (Å²) in [5.74, 6) is -3.98. The van der Waals surface area contributed by atoms with E-state index in [2.05, 4.69) is 5.32 Å². The molecule has 7 atom stereocenters. The second-order valence-corrected chi connectivity index (χ2v) is 13.3. The number of amides is 1. The van der Waals surface area contributed by atoms with E-state index >= 15 is 0 Å². The molecular weight excluding hydrogens is 654 g/mol. The van der Waals surface area contributed by atoms with Gasteiger partial charge in [0.05, 0.1) is 42.0 Å². The van der Waals surface area contributed by atoms with E-state index in [1.165, 1.54) is 25.3 Å². The zero-order valence-electron chi connectivity index (χ0n) is 27.7. The molecule has 14 heteroatoms. The number of carbonyl (C=O) groups is 4. The van der Waals surface area contributed by atoms with Gasteiger partial charge >= 0.3 is 6.09 Å². The number of hydrogen-bond acceptors (Lipinski definition) is 13. The first-order valence-electron chi connectivity index (χ1n) is 16.7. The van der Waals surface area contributed by atoms with E-state index in [1.54, 1.807) is 6.92 Å². The van der Waals surface area contributed by atoms with E-state index in [4.69, 9.17) is 18.9 Å². The molecule has 1 aliphatic heterocycles. The number of aromatic hydroxyl groups is 2. The van der Waals surface area contributed by atoms with Gasteiger partial charge in [-0.15, -0.1) is 0 Å². The van der Waals surface area contributed by atoms with Gasteiger partial charge in [0.25, 0.3) is 0 Å². The van der Waals surface area contributed by atoms with Crippen LogP contribution in [0.1, 0.15) is 101 Å². The lowest BCUT2D eigenvalue weighted by Crippen LogP contribution is -2.56. The van der Waals surface area contributed by atoms with Crippen molar-refractivity contribution in [2.45, 2.75) is 101 Å². The maximum absolute atomic E-state index is 13.9. The maximum atomic E-state index is 13.9. The van der Waals surface area contributed by atoms with Crippen LogP contribution in [0.2, 0.25) is 0 Å². The molecule has 1 unspecified atom stereocenters. The van der Waals surface area contributed by atoms with Crippen molar-refractivity contribution in [3.63, 3.8) is 0 Å². The molecule has 50 heavy (non-hydrogen) atoms. The fourth-order valence-corrected chi connectivity index (χ4v) is 7.41. The summed E-state index contributed by atoms with van der Waals surface area (Å²) in [6.45, 7) is 0.487. The number of alkyl carbamates (subject to hydrolysis) is 1. The van der Waals surface area contributed by atoms with Crippen molar-refractivity contribution in [1.82, 2.24) is 5.32 Å². The summed E-state index contributed by atoms with van der Waals surface area (Å²) >= 11 is 0. The molecule has 1 amide bonds. The number of benzene rings is 2. The van der Waals surface area contributed by atoms with Gasteiger partial charge in [-0.25, -0.2) is 4.79 Å². The molecule has 0 bridgehead atoms. The number of carbonyl (C=O) groups excluding carboxylic acids is 4. The number of nitrogens with one attached hydrogen (secondary N) is 1. The van der Waals surface area contributed by atoms with E-state index in [-0.39, 0.29) is 34.4 Å². The van der Waals surface area contributed by atoms with Gasteiger partial charge in [0.1, 0.15) is 41.7 Å².